The Hall–Kier alpha value is -9.40. The van der Waals surface area contributed by atoms with Gasteiger partial charge in [0.1, 0.15) is 0 Å². The maximum absolute atomic E-state index is 10.6. The van der Waals surface area contributed by atoms with Crippen molar-refractivity contribution in [3.05, 3.63) is 230 Å². The van der Waals surface area contributed by atoms with Crippen molar-refractivity contribution in [3.63, 3.8) is 0 Å². The van der Waals surface area contributed by atoms with Crippen LogP contribution in [-0.4, -0.2) is 39.0 Å². The minimum absolute atomic E-state index is 0.0417. The zero-order chi connectivity index (χ0) is 47.6. The normalized spacial score (nSPS) is 12.1. The van der Waals surface area contributed by atoms with Gasteiger partial charge in [-0.15, -0.1) is 0 Å². The number of hydrogen-bond acceptors (Lipinski definition) is 6. The molecular weight excluding hydrogens is 833 g/mol. The average molecular weight is 874 g/mol. The van der Waals surface area contributed by atoms with Crippen molar-refractivity contribution in [1.82, 2.24) is 39.0 Å². The quantitative estimate of drug-likeness (QED) is 0.151. The van der Waals surface area contributed by atoms with E-state index in [-0.39, 0.29) is 46.6 Å². The first-order chi connectivity index (χ1) is 35.0. The third kappa shape index (κ3) is 6.62. The molecule has 0 amide bonds. The van der Waals surface area contributed by atoms with Crippen LogP contribution in [0.4, 0.5) is 0 Å². The molecule has 4 aromatic heterocycles. The van der Waals surface area contributed by atoms with Crippen molar-refractivity contribution in [2.75, 3.05) is 0 Å². The number of fused-ring (bicyclic) bond motifs is 7. The van der Waals surface area contributed by atoms with Gasteiger partial charge in [-0.3, -0.25) is 0 Å². The van der Waals surface area contributed by atoms with Gasteiger partial charge in [-0.2, -0.15) is 0 Å². The Morgan fingerprint density at radius 2 is 0.721 bits per heavy atom. The Morgan fingerprint density at radius 1 is 0.309 bits per heavy atom. The van der Waals surface area contributed by atoms with Crippen LogP contribution < -0.4 is 0 Å². The van der Waals surface area contributed by atoms with E-state index >= 15 is 0 Å². The monoisotopic (exact) mass is 873 g/mol. The Kier molecular flexibility index (Phi) is 8.57. The summed E-state index contributed by atoms with van der Waals surface area (Å²) in [5.74, 6) is 1.72. The van der Waals surface area contributed by atoms with Gasteiger partial charge >= 0.3 is 0 Å². The Morgan fingerprint density at radius 3 is 1.24 bits per heavy atom. The average Bonchev–Trinajstić information content (AvgIpc) is 3.95. The molecule has 8 nitrogen and oxygen atoms in total. The highest BCUT2D eigenvalue weighted by molar-refractivity contribution is 6.26. The molecule has 318 valence electrons. The lowest BCUT2D eigenvalue weighted by Crippen LogP contribution is -2.05. The van der Waals surface area contributed by atoms with Crippen molar-refractivity contribution >= 4 is 43.6 Å². The molecule has 13 rings (SSSR count). The zero-order valence-electron chi connectivity index (χ0n) is 39.3. The molecule has 8 heteroatoms. The van der Waals surface area contributed by atoms with Crippen LogP contribution in [0.25, 0.3) is 123 Å². The second-order valence-electron chi connectivity index (χ2n) is 16.4. The lowest BCUT2D eigenvalue weighted by Gasteiger charge is -2.17. The number of aromatic nitrogens is 8. The SMILES string of the molecule is [2H]c1c([2H])c(-n2c3ccccc3c3ccc4c(c5ccccc5n4-c4ccccc4)c32)c(-c2nc(-c3ccccc3)nc(-c3ccccc3)n2)c([2H])c1-c1nc(-c2ccccc2)nc(-c2ccccc2)n1. The molecule has 0 aliphatic carbocycles. The molecular formula is C60H38N8. The fourth-order valence-electron chi connectivity index (χ4n) is 9.28. The van der Waals surface area contributed by atoms with E-state index in [1.54, 1.807) is 0 Å². The van der Waals surface area contributed by atoms with Crippen LogP contribution in [-0.2, 0) is 0 Å². The van der Waals surface area contributed by atoms with Crippen LogP contribution in [0, 0.1) is 0 Å². The third-order valence-corrected chi connectivity index (χ3v) is 12.3. The standard InChI is InChI=1S/C60H38N8/c1-6-20-39(21-7-1)55-61-56(40-22-8-2-9-23-40)64-59(63-55)43-34-36-51(48(38-43)60-65-57(41-24-10-3-11-25-41)62-58(66-60)42-26-12-4-13-27-42)68-49-32-18-16-30-45(49)46-35-37-52-53(54(46)68)47-31-17-19-33-50(47)67(52)44-28-14-5-15-29-44/h1-38H/i34D,36D,38D. The summed E-state index contributed by atoms with van der Waals surface area (Å²) in [6.45, 7) is 0. The predicted octanol–water partition coefficient (Wildman–Crippen LogP) is 14.3. The largest absolute Gasteiger partial charge is 0.309 e. The molecule has 0 fully saturated rings. The van der Waals surface area contributed by atoms with Gasteiger partial charge in [-0.1, -0.05) is 182 Å². The van der Waals surface area contributed by atoms with E-state index in [2.05, 4.69) is 51.6 Å². The van der Waals surface area contributed by atoms with Gasteiger partial charge in [0, 0.05) is 60.6 Å². The Balaban J connectivity index is 1.20. The first-order valence-electron chi connectivity index (χ1n) is 23.9. The number of rotatable bonds is 8. The highest BCUT2D eigenvalue weighted by Crippen LogP contribution is 2.44. The molecule has 0 aliphatic rings. The van der Waals surface area contributed by atoms with Crippen molar-refractivity contribution in [3.8, 4) is 79.7 Å². The predicted molar refractivity (Wildman–Crippen MR) is 275 cm³/mol. The maximum Gasteiger partial charge on any atom is 0.166 e. The second-order valence-corrected chi connectivity index (χ2v) is 16.4. The van der Waals surface area contributed by atoms with Crippen molar-refractivity contribution in [2.45, 2.75) is 0 Å². The minimum atomic E-state index is -0.233. The van der Waals surface area contributed by atoms with Crippen LogP contribution in [0.15, 0.2) is 230 Å². The number of nitrogens with zero attached hydrogens (tertiary/aromatic N) is 8. The van der Waals surface area contributed by atoms with Crippen molar-refractivity contribution in [1.29, 1.82) is 0 Å². The van der Waals surface area contributed by atoms with E-state index in [1.165, 1.54) is 0 Å². The van der Waals surface area contributed by atoms with Gasteiger partial charge in [0.05, 0.1) is 31.9 Å². The van der Waals surface area contributed by atoms with Crippen LogP contribution in [0.2, 0.25) is 0 Å². The molecule has 0 unspecified atom stereocenters. The van der Waals surface area contributed by atoms with Gasteiger partial charge < -0.3 is 9.13 Å². The fourth-order valence-corrected chi connectivity index (χ4v) is 9.28. The molecule has 0 saturated carbocycles. The molecule has 0 bridgehead atoms. The lowest BCUT2D eigenvalue weighted by molar-refractivity contribution is 1.06. The number of benzene rings is 9. The number of para-hydroxylation sites is 3. The van der Waals surface area contributed by atoms with E-state index in [0.29, 0.717) is 23.3 Å². The second kappa shape index (κ2) is 16.2. The van der Waals surface area contributed by atoms with Crippen molar-refractivity contribution in [2.24, 2.45) is 0 Å². The third-order valence-electron chi connectivity index (χ3n) is 12.3. The fraction of sp³-hybridized carbons (Fsp3) is 0. The number of hydrogen-bond donors (Lipinski definition) is 0. The highest BCUT2D eigenvalue weighted by Gasteiger charge is 2.25. The van der Waals surface area contributed by atoms with E-state index < -0.39 is 0 Å². The molecule has 0 radical (unpaired) electrons. The molecule has 68 heavy (non-hydrogen) atoms. The van der Waals surface area contributed by atoms with E-state index in [9.17, 15) is 4.11 Å². The van der Waals surface area contributed by atoms with E-state index in [4.69, 9.17) is 29.9 Å². The molecule has 0 saturated heterocycles. The summed E-state index contributed by atoms with van der Waals surface area (Å²) in [6.07, 6.45) is 0. The van der Waals surface area contributed by atoms with Crippen molar-refractivity contribution < 1.29 is 4.11 Å². The molecule has 13 aromatic rings. The van der Waals surface area contributed by atoms with E-state index in [1.807, 2.05) is 170 Å². The van der Waals surface area contributed by atoms with Crippen LogP contribution in [0.5, 0.6) is 0 Å². The lowest BCUT2D eigenvalue weighted by atomic mass is 10.0. The maximum atomic E-state index is 10.6. The van der Waals surface area contributed by atoms with Crippen LogP contribution in [0.1, 0.15) is 4.11 Å². The molecule has 0 N–H and O–H groups in total. The summed E-state index contributed by atoms with van der Waals surface area (Å²) in [6, 6.07) is 69.1. The zero-order valence-corrected chi connectivity index (χ0v) is 36.3. The molecule has 0 aliphatic heterocycles. The smallest absolute Gasteiger partial charge is 0.166 e. The minimum Gasteiger partial charge on any atom is -0.309 e. The Labute approximate surface area is 395 Å². The van der Waals surface area contributed by atoms with Gasteiger partial charge in [0.2, 0.25) is 0 Å². The van der Waals surface area contributed by atoms with Crippen LogP contribution in [0.3, 0.4) is 0 Å². The first kappa shape index (κ1) is 35.9. The summed E-state index contributed by atoms with van der Waals surface area (Å²) in [4.78, 5) is 30.4. The highest BCUT2D eigenvalue weighted by atomic mass is 15.1. The summed E-state index contributed by atoms with van der Waals surface area (Å²) in [7, 11) is 0. The summed E-state index contributed by atoms with van der Waals surface area (Å²) < 4.78 is 35.5. The molecule has 4 heterocycles. The Bertz CT molecular complexity index is 4070. The van der Waals surface area contributed by atoms with Gasteiger partial charge in [-0.25, -0.2) is 29.9 Å². The van der Waals surface area contributed by atoms with Gasteiger partial charge in [0.15, 0.2) is 34.9 Å². The molecule has 0 spiro atoms. The van der Waals surface area contributed by atoms with E-state index in [0.717, 1.165) is 71.6 Å². The summed E-state index contributed by atoms with van der Waals surface area (Å²) >= 11 is 0. The van der Waals surface area contributed by atoms with Crippen LogP contribution >= 0.6 is 0 Å². The summed E-state index contributed by atoms with van der Waals surface area (Å²) in [5.41, 5.74) is 8.05. The topological polar surface area (TPSA) is 87.2 Å². The summed E-state index contributed by atoms with van der Waals surface area (Å²) in [5, 5.41) is 3.85. The molecule has 9 aromatic carbocycles. The molecule has 0 atom stereocenters. The van der Waals surface area contributed by atoms with Gasteiger partial charge in [-0.05, 0) is 48.5 Å². The first-order valence-corrected chi connectivity index (χ1v) is 22.4. The van der Waals surface area contributed by atoms with Gasteiger partial charge in [0.25, 0.3) is 0 Å².